The first kappa shape index (κ1) is 35.6. The number of benzene rings is 2. The van der Waals surface area contributed by atoms with E-state index in [9.17, 15) is 19.2 Å². The summed E-state index contributed by atoms with van der Waals surface area (Å²) in [5.74, 6) is -1.42. The molecule has 0 heterocycles. The number of aryl methyl sites for hydroxylation is 1. The molecule has 0 unspecified atom stereocenters. The number of hydrogen-bond donors (Lipinski definition) is 3. The van der Waals surface area contributed by atoms with Crippen molar-refractivity contribution in [1.29, 1.82) is 0 Å². The fourth-order valence-corrected chi connectivity index (χ4v) is 5.61. The molecule has 45 heavy (non-hydrogen) atoms. The summed E-state index contributed by atoms with van der Waals surface area (Å²) in [6, 6.07) is 14.3. The summed E-state index contributed by atoms with van der Waals surface area (Å²) < 4.78 is 11.1. The highest BCUT2D eigenvalue weighted by Gasteiger charge is 2.36. The molecule has 0 aliphatic heterocycles. The number of alkyl carbamates (subject to hydrolysis) is 1. The Kier molecular flexibility index (Phi) is 13.4. The van der Waals surface area contributed by atoms with E-state index in [4.69, 9.17) is 9.47 Å². The SMILES string of the molecule is Cc1ccccc1C[C@H](NC(=O)OC(C)(C)C)C(=O)N[C@H](C(=O)N[C@@H](CC(C)C)C(=O)OCc1ccccc1)C1CCCCC1. The number of nitrogens with one attached hydrogen (secondary N) is 3. The van der Waals surface area contributed by atoms with Crippen molar-refractivity contribution in [2.24, 2.45) is 11.8 Å². The summed E-state index contributed by atoms with van der Waals surface area (Å²) >= 11 is 0. The maximum absolute atomic E-state index is 13.9. The van der Waals surface area contributed by atoms with E-state index in [0.717, 1.165) is 48.8 Å². The third-order valence-corrected chi connectivity index (χ3v) is 7.93. The number of ether oxygens (including phenoxy) is 2. The fraction of sp³-hybridized carbons (Fsp3) is 0.556. The standard InChI is InChI=1S/C36H51N3O6/c1-24(2)21-30(34(42)44-23-26-16-9-7-10-17-26)37-33(41)31(27-18-11-8-12-19-27)39-32(40)29(38-35(43)45-36(4,5)6)22-28-20-14-13-15-25(28)3/h7,9-10,13-17,20,24,27,29-31H,8,11-12,18-19,21-23H2,1-6H3,(H,37,41)(H,38,43)(H,39,40)/t29-,30-,31-/m0/s1. The molecular weight excluding hydrogens is 570 g/mol. The highest BCUT2D eigenvalue weighted by molar-refractivity contribution is 5.93. The topological polar surface area (TPSA) is 123 Å². The largest absolute Gasteiger partial charge is 0.459 e. The molecular formula is C36H51N3O6. The molecule has 3 N–H and O–H groups in total. The van der Waals surface area contributed by atoms with Crippen LogP contribution in [0.15, 0.2) is 54.6 Å². The fourth-order valence-electron chi connectivity index (χ4n) is 5.61. The zero-order valence-electron chi connectivity index (χ0n) is 27.7. The molecule has 1 saturated carbocycles. The minimum atomic E-state index is -0.984. The van der Waals surface area contributed by atoms with Gasteiger partial charge in [0.15, 0.2) is 0 Å². The minimum absolute atomic E-state index is 0.101. The molecule has 0 radical (unpaired) electrons. The Bertz CT molecular complexity index is 1270. The van der Waals surface area contributed by atoms with Crippen LogP contribution in [0.5, 0.6) is 0 Å². The molecule has 1 fully saturated rings. The van der Waals surface area contributed by atoms with Gasteiger partial charge in [-0.2, -0.15) is 0 Å². The predicted molar refractivity (Wildman–Crippen MR) is 174 cm³/mol. The third-order valence-electron chi connectivity index (χ3n) is 7.93. The third kappa shape index (κ3) is 12.2. The minimum Gasteiger partial charge on any atom is -0.459 e. The lowest BCUT2D eigenvalue weighted by atomic mass is 9.83. The molecule has 2 aromatic carbocycles. The lowest BCUT2D eigenvalue weighted by molar-refractivity contribution is -0.150. The number of rotatable bonds is 13. The summed E-state index contributed by atoms with van der Waals surface area (Å²) in [6.07, 6.45) is 4.40. The van der Waals surface area contributed by atoms with E-state index >= 15 is 0 Å². The first-order valence-corrected chi connectivity index (χ1v) is 16.2. The maximum Gasteiger partial charge on any atom is 0.408 e. The van der Waals surface area contributed by atoms with Gasteiger partial charge in [0, 0.05) is 6.42 Å². The van der Waals surface area contributed by atoms with E-state index < -0.39 is 47.6 Å². The van der Waals surface area contributed by atoms with Crippen molar-refractivity contribution in [3.63, 3.8) is 0 Å². The van der Waals surface area contributed by atoms with Crippen molar-refractivity contribution in [3.8, 4) is 0 Å². The summed E-state index contributed by atoms with van der Waals surface area (Å²) in [6.45, 7) is 11.3. The first-order chi connectivity index (χ1) is 21.3. The van der Waals surface area contributed by atoms with Crippen LogP contribution in [0.2, 0.25) is 0 Å². The zero-order valence-corrected chi connectivity index (χ0v) is 27.7. The molecule has 3 rings (SSSR count). The number of hydrogen-bond acceptors (Lipinski definition) is 6. The highest BCUT2D eigenvalue weighted by Crippen LogP contribution is 2.27. The number of esters is 1. The van der Waals surface area contributed by atoms with Gasteiger partial charge in [0.1, 0.15) is 30.3 Å². The summed E-state index contributed by atoms with van der Waals surface area (Å²) in [4.78, 5) is 53.9. The van der Waals surface area contributed by atoms with Crippen LogP contribution in [0.25, 0.3) is 0 Å². The van der Waals surface area contributed by atoms with Gasteiger partial charge in [-0.1, -0.05) is 87.7 Å². The van der Waals surface area contributed by atoms with Gasteiger partial charge in [-0.05, 0) is 75.5 Å². The Balaban J connectivity index is 1.81. The van der Waals surface area contributed by atoms with Crippen molar-refractivity contribution < 1.29 is 28.7 Å². The zero-order chi connectivity index (χ0) is 33.0. The van der Waals surface area contributed by atoms with Crippen molar-refractivity contribution in [3.05, 3.63) is 71.3 Å². The van der Waals surface area contributed by atoms with Crippen LogP contribution in [0.3, 0.4) is 0 Å². The van der Waals surface area contributed by atoms with Crippen LogP contribution in [-0.2, 0) is 36.9 Å². The number of carbonyl (C=O) groups is 4. The molecule has 1 aliphatic rings. The molecule has 2 aromatic rings. The Morgan fingerprint density at radius 2 is 1.47 bits per heavy atom. The van der Waals surface area contributed by atoms with Crippen LogP contribution < -0.4 is 16.0 Å². The molecule has 9 nitrogen and oxygen atoms in total. The number of amides is 3. The highest BCUT2D eigenvalue weighted by atomic mass is 16.6. The van der Waals surface area contributed by atoms with Crippen molar-refractivity contribution in [1.82, 2.24) is 16.0 Å². The van der Waals surface area contributed by atoms with Crippen molar-refractivity contribution >= 4 is 23.9 Å². The average Bonchev–Trinajstić information content (AvgIpc) is 2.98. The summed E-state index contributed by atoms with van der Waals surface area (Å²) in [7, 11) is 0. The quantitative estimate of drug-likeness (QED) is 0.244. The van der Waals surface area contributed by atoms with Gasteiger partial charge in [0.25, 0.3) is 0 Å². The lowest BCUT2D eigenvalue weighted by Crippen LogP contribution is -2.59. The molecule has 1 aliphatic carbocycles. The molecule has 3 atom stereocenters. The van der Waals surface area contributed by atoms with E-state index in [-0.39, 0.29) is 24.9 Å². The van der Waals surface area contributed by atoms with Crippen LogP contribution in [-0.4, -0.2) is 47.6 Å². The van der Waals surface area contributed by atoms with E-state index in [0.29, 0.717) is 6.42 Å². The van der Waals surface area contributed by atoms with Crippen LogP contribution in [0.4, 0.5) is 4.79 Å². The Morgan fingerprint density at radius 3 is 2.09 bits per heavy atom. The van der Waals surface area contributed by atoms with E-state index in [1.54, 1.807) is 20.8 Å². The van der Waals surface area contributed by atoms with Crippen molar-refractivity contribution in [2.75, 3.05) is 0 Å². The van der Waals surface area contributed by atoms with E-state index in [1.807, 2.05) is 75.4 Å². The van der Waals surface area contributed by atoms with Crippen LogP contribution >= 0.6 is 0 Å². The molecule has 0 spiro atoms. The second-order valence-electron chi connectivity index (χ2n) is 13.5. The molecule has 0 saturated heterocycles. The van der Waals surface area contributed by atoms with E-state index in [1.165, 1.54) is 0 Å². The normalized spacial score (nSPS) is 15.8. The molecule has 9 heteroatoms. The first-order valence-electron chi connectivity index (χ1n) is 16.2. The lowest BCUT2D eigenvalue weighted by Gasteiger charge is -2.32. The van der Waals surface area contributed by atoms with Crippen LogP contribution in [0, 0.1) is 18.8 Å². The summed E-state index contributed by atoms with van der Waals surface area (Å²) in [5, 5.41) is 8.63. The number of carbonyl (C=O) groups excluding carboxylic acids is 4. The van der Waals surface area contributed by atoms with Gasteiger partial charge in [0.05, 0.1) is 0 Å². The molecule has 0 bridgehead atoms. The van der Waals surface area contributed by atoms with Gasteiger partial charge in [-0.15, -0.1) is 0 Å². The summed E-state index contributed by atoms with van der Waals surface area (Å²) in [5.41, 5.74) is 1.97. The molecule has 0 aromatic heterocycles. The van der Waals surface area contributed by atoms with Gasteiger partial charge in [0.2, 0.25) is 11.8 Å². The van der Waals surface area contributed by atoms with Gasteiger partial charge < -0.3 is 25.4 Å². The Labute approximate surface area is 268 Å². The van der Waals surface area contributed by atoms with Gasteiger partial charge in [-0.25, -0.2) is 9.59 Å². The second kappa shape index (κ2) is 17.0. The predicted octanol–water partition coefficient (Wildman–Crippen LogP) is 5.77. The second-order valence-corrected chi connectivity index (χ2v) is 13.5. The van der Waals surface area contributed by atoms with Crippen molar-refractivity contribution in [2.45, 2.75) is 117 Å². The molecule has 3 amide bonds. The average molecular weight is 622 g/mol. The maximum atomic E-state index is 13.9. The Morgan fingerprint density at radius 1 is 0.822 bits per heavy atom. The Hall–Kier alpha value is -3.88. The molecule has 246 valence electrons. The van der Waals surface area contributed by atoms with Gasteiger partial charge >= 0.3 is 12.1 Å². The smallest absolute Gasteiger partial charge is 0.408 e. The van der Waals surface area contributed by atoms with E-state index in [2.05, 4.69) is 16.0 Å². The van der Waals surface area contributed by atoms with Gasteiger partial charge in [-0.3, -0.25) is 9.59 Å². The van der Waals surface area contributed by atoms with Crippen LogP contribution in [0.1, 0.15) is 89.8 Å². The monoisotopic (exact) mass is 621 g/mol.